The number of nitrogens with one attached hydrogen (secondary N) is 1. The van der Waals surface area contributed by atoms with Crippen molar-refractivity contribution in [2.24, 2.45) is 11.7 Å². The van der Waals surface area contributed by atoms with Crippen molar-refractivity contribution in [1.82, 2.24) is 5.32 Å². The molecule has 1 aliphatic carbocycles. The van der Waals surface area contributed by atoms with Crippen LogP contribution in [-0.4, -0.2) is 23.0 Å². The average Bonchev–Trinajstić information content (AvgIpc) is 2.80. The molecule has 1 fully saturated rings. The third kappa shape index (κ3) is 3.07. The highest BCUT2D eigenvalue weighted by molar-refractivity contribution is 9.10. The van der Waals surface area contributed by atoms with Gasteiger partial charge >= 0.3 is 0 Å². The predicted molar refractivity (Wildman–Crippen MR) is 73.6 cm³/mol. The van der Waals surface area contributed by atoms with Crippen molar-refractivity contribution < 1.29 is 14.7 Å². The van der Waals surface area contributed by atoms with Gasteiger partial charge in [0.05, 0.1) is 10.4 Å². The van der Waals surface area contributed by atoms with Crippen molar-refractivity contribution in [3.63, 3.8) is 0 Å². The molecular formula is C13H15BrN2O3. The number of hydrogen-bond donors (Lipinski definition) is 3. The normalized spacial score (nSPS) is 22.2. The number of benzene rings is 1. The third-order valence-corrected chi connectivity index (χ3v) is 4.08. The molecular weight excluding hydrogens is 312 g/mol. The number of amides is 2. The van der Waals surface area contributed by atoms with Crippen LogP contribution < -0.4 is 11.1 Å². The molecule has 0 bridgehead atoms. The molecule has 0 saturated heterocycles. The number of carbonyl (C=O) groups is 2. The van der Waals surface area contributed by atoms with Crippen LogP contribution in [0, 0.1) is 5.92 Å². The Labute approximate surface area is 119 Å². The quantitative estimate of drug-likeness (QED) is 0.786. The zero-order valence-electron chi connectivity index (χ0n) is 10.2. The van der Waals surface area contributed by atoms with Crippen molar-refractivity contribution in [3.8, 4) is 5.75 Å². The number of rotatable bonds is 3. The lowest BCUT2D eigenvalue weighted by molar-refractivity contribution is -0.122. The topological polar surface area (TPSA) is 92.4 Å². The van der Waals surface area contributed by atoms with Crippen molar-refractivity contribution in [3.05, 3.63) is 28.2 Å². The van der Waals surface area contributed by atoms with E-state index < -0.39 is 0 Å². The highest BCUT2D eigenvalue weighted by atomic mass is 79.9. The second kappa shape index (κ2) is 5.61. The summed E-state index contributed by atoms with van der Waals surface area (Å²) in [6, 6.07) is 4.38. The van der Waals surface area contributed by atoms with Crippen LogP contribution in [0.4, 0.5) is 0 Å². The molecule has 0 heterocycles. The van der Waals surface area contributed by atoms with Gasteiger partial charge in [-0.2, -0.15) is 0 Å². The minimum absolute atomic E-state index is 0.00511. The van der Waals surface area contributed by atoms with E-state index in [-0.39, 0.29) is 29.5 Å². The standard InChI is InChI=1S/C13H15BrN2O3/c14-9-5-4-7(6-11(9)17)13(19)16-10-3-1-2-8(10)12(15)18/h4-6,8,10,17H,1-3H2,(H2,15,18)(H,16,19)/t8-,10+/m1/s1. The fourth-order valence-electron chi connectivity index (χ4n) is 2.38. The van der Waals surface area contributed by atoms with Gasteiger partial charge < -0.3 is 16.2 Å². The van der Waals surface area contributed by atoms with Crippen LogP contribution in [0.5, 0.6) is 5.75 Å². The van der Waals surface area contributed by atoms with Crippen molar-refractivity contribution in [2.45, 2.75) is 25.3 Å². The van der Waals surface area contributed by atoms with Gasteiger partial charge in [-0.05, 0) is 47.0 Å². The molecule has 0 aromatic heterocycles. The summed E-state index contributed by atoms with van der Waals surface area (Å²) in [5.41, 5.74) is 5.67. The molecule has 2 atom stereocenters. The molecule has 0 unspecified atom stereocenters. The second-order valence-corrected chi connectivity index (χ2v) is 5.54. The van der Waals surface area contributed by atoms with Crippen molar-refractivity contribution in [2.75, 3.05) is 0 Å². The minimum Gasteiger partial charge on any atom is -0.507 e. The maximum atomic E-state index is 12.0. The summed E-state index contributed by atoms with van der Waals surface area (Å²) in [7, 11) is 0. The Morgan fingerprint density at radius 1 is 1.37 bits per heavy atom. The SMILES string of the molecule is NC(=O)[C@@H]1CCC[C@@H]1NC(=O)c1ccc(Br)c(O)c1. The number of phenols is 1. The van der Waals surface area contributed by atoms with Gasteiger partial charge in [0.15, 0.2) is 0 Å². The first-order valence-corrected chi connectivity index (χ1v) is 6.87. The molecule has 102 valence electrons. The number of nitrogens with two attached hydrogens (primary N) is 1. The Hall–Kier alpha value is -1.56. The molecule has 6 heteroatoms. The molecule has 19 heavy (non-hydrogen) atoms. The number of phenolic OH excluding ortho intramolecular Hbond substituents is 1. The van der Waals surface area contributed by atoms with E-state index in [1.807, 2.05) is 0 Å². The highest BCUT2D eigenvalue weighted by Crippen LogP contribution is 2.27. The summed E-state index contributed by atoms with van der Waals surface area (Å²) in [4.78, 5) is 23.3. The maximum Gasteiger partial charge on any atom is 0.251 e. The molecule has 2 rings (SSSR count). The van der Waals surface area contributed by atoms with E-state index >= 15 is 0 Å². The van der Waals surface area contributed by atoms with Gasteiger partial charge in [0.25, 0.3) is 5.91 Å². The molecule has 5 nitrogen and oxygen atoms in total. The van der Waals surface area contributed by atoms with Crippen LogP contribution in [0.2, 0.25) is 0 Å². The Kier molecular flexibility index (Phi) is 4.09. The Morgan fingerprint density at radius 3 is 2.74 bits per heavy atom. The van der Waals surface area contributed by atoms with Gasteiger partial charge in [0, 0.05) is 11.6 Å². The molecule has 1 saturated carbocycles. The number of carbonyl (C=O) groups excluding carboxylic acids is 2. The van der Waals surface area contributed by atoms with Crippen molar-refractivity contribution >= 4 is 27.7 Å². The monoisotopic (exact) mass is 326 g/mol. The maximum absolute atomic E-state index is 12.0. The number of primary amides is 1. The van der Waals surface area contributed by atoms with E-state index in [0.717, 1.165) is 12.8 Å². The molecule has 1 aromatic rings. The van der Waals surface area contributed by atoms with Crippen LogP contribution in [0.3, 0.4) is 0 Å². The molecule has 0 spiro atoms. The first kappa shape index (κ1) is 13.9. The Balaban J connectivity index is 2.08. The summed E-state index contributed by atoms with van der Waals surface area (Å²) >= 11 is 3.15. The summed E-state index contributed by atoms with van der Waals surface area (Å²) in [5, 5.41) is 12.4. The van der Waals surface area contributed by atoms with E-state index in [4.69, 9.17) is 5.73 Å². The molecule has 0 radical (unpaired) electrons. The fourth-order valence-corrected chi connectivity index (χ4v) is 2.63. The highest BCUT2D eigenvalue weighted by Gasteiger charge is 2.32. The van der Waals surface area contributed by atoms with Gasteiger partial charge in [-0.1, -0.05) is 6.42 Å². The van der Waals surface area contributed by atoms with Gasteiger partial charge in [-0.15, -0.1) is 0 Å². The lowest BCUT2D eigenvalue weighted by atomic mass is 10.0. The number of aromatic hydroxyl groups is 1. The van der Waals surface area contributed by atoms with Gasteiger partial charge in [-0.25, -0.2) is 0 Å². The van der Waals surface area contributed by atoms with Crippen LogP contribution in [0.25, 0.3) is 0 Å². The van der Waals surface area contributed by atoms with Gasteiger partial charge in [-0.3, -0.25) is 9.59 Å². The molecule has 4 N–H and O–H groups in total. The Morgan fingerprint density at radius 2 is 2.11 bits per heavy atom. The average molecular weight is 327 g/mol. The second-order valence-electron chi connectivity index (χ2n) is 4.69. The van der Waals surface area contributed by atoms with E-state index in [0.29, 0.717) is 16.5 Å². The van der Waals surface area contributed by atoms with Crippen LogP contribution in [-0.2, 0) is 4.79 Å². The van der Waals surface area contributed by atoms with E-state index in [9.17, 15) is 14.7 Å². The van der Waals surface area contributed by atoms with E-state index in [1.165, 1.54) is 6.07 Å². The lowest BCUT2D eigenvalue weighted by Crippen LogP contribution is -2.42. The van der Waals surface area contributed by atoms with E-state index in [2.05, 4.69) is 21.2 Å². The van der Waals surface area contributed by atoms with Gasteiger partial charge in [0.2, 0.25) is 5.91 Å². The Bertz CT molecular complexity index is 519. The van der Waals surface area contributed by atoms with Crippen molar-refractivity contribution in [1.29, 1.82) is 0 Å². The molecule has 1 aromatic carbocycles. The van der Waals surface area contributed by atoms with E-state index in [1.54, 1.807) is 12.1 Å². The van der Waals surface area contributed by atoms with Crippen LogP contribution in [0.1, 0.15) is 29.6 Å². The molecule has 2 amide bonds. The number of halogens is 1. The fraction of sp³-hybridized carbons (Fsp3) is 0.385. The largest absolute Gasteiger partial charge is 0.507 e. The zero-order valence-corrected chi connectivity index (χ0v) is 11.8. The summed E-state index contributed by atoms with van der Waals surface area (Å²) in [5.74, 6) is -0.971. The first-order valence-electron chi connectivity index (χ1n) is 6.07. The van der Waals surface area contributed by atoms with Crippen LogP contribution >= 0.6 is 15.9 Å². The zero-order chi connectivity index (χ0) is 14.0. The molecule has 1 aliphatic rings. The molecule has 0 aliphatic heterocycles. The minimum atomic E-state index is -0.374. The third-order valence-electron chi connectivity index (χ3n) is 3.41. The smallest absolute Gasteiger partial charge is 0.251 e. The summed E-state index contributed by atoms with van der Waals surface area (Å²) < 4.78 is 0.528. The van der Waals surface area contributed by atoms with Crippen LogP contribution in [0.15, 0.2) is 22.7 Å². The summed E-state index contributed by atoms with van der Waals surface area (Å²) in [6.45, 7) is 0. The first-order chi connectivity index (χ1) is 8.99. The summed E-state index contributed by atoms with van der Waals surface area (Å²) in [6.07, 6.45) is 2.35. The number of hydrogen-bond acceptors (Lipinski definition) is 3. The lowest BCUT2D eigenvalue weighted by Gasteiger charge is -2.18. The predicted octanol–water partition coefficient (Wildman–Crippen LogP) is 1.54. The van der Waals surface area contributed by atoms with Gasteiger partial charge in [0.1, 0.15) is 5.75 Å².